The number of nitriles is 1. The maximum atomic E-state index is 12.9. The van der Waals surface area contributed by atoms with Gasteiger partial charge in [-0.05, 0) is 168 Å². The SMILES string of the molecule is CC(C)(C)C1CCc2nc3sc(C(=O)Cl)cc3cc2C1.CC(C)(C)C1CCc2nc3sc(C(=O)N[C@@H](Cc4ccccc4)C(N)=O)cc3cc2C1.CC(C)(C)C1CCc2nc3sc(C(=O)N[C@H](C#N)Cc4ccccc4)cc3cc2C1. The molecule has 0 aliphatic heterocycles. The third-order valence-corrected chi connectivity index (χ3v) is 20.1. The number of carbonyl (C=O) groups is 4. The van der Waals surface area contributed by atoms with E-state index < -0.39 is 23.2 Å². The van der Waals surface area contributed by atoms with Crippen LogP contribution in [0.2, 0.25) is 0 Å². The molecule has 11 nitrogen and oxygen atoms in total. The Hall–Kier alpha value is -6.37. The Labute approximate surface area is 493 Å². The van der Waals surface area contributed by atoms with Crippen molar-refractivity contribution in [3.63, 3.8) is 0 Å². The summed E-state index contributed by atoms with van der Waals surface area (Å²) in [4.78, 5) is 67.8. The number of nitrogens with one attached hydrogen (secondary N) is 2. The van der Waals surface area contributed by atoms with Crippen LogP contribution in [0.25, 0.3) is 30.6 Å². The van der Waals surface area contributed by atoms with Crippen LogP contribution in [0.1, 0.15) is 155 Å². The topological polar surface area (TPSA) is 181 Å². The number of carbonyl (C=O) groups excluding carboxylic acids is 4. The number of primary amides is 1. The fraction of sp³-hybridized carbons (Fsp3) is 0.424. The summed E-state index contributed by atoms with van der Waals surface area (Å²) in [6.45, 7) is 20.7. The largest absolute Gasteiger partial charge is 0.368 e. The molecule has 0 saturated carbocycles. The van der Waals surface area contributed by atoms with E-state index in [1.807, 2.05) is 78.9 Å². The molecule has 11 rings (SSSR count). The third-order valence-electron chi connectivity index (χ3n) is 16.6. The number of hydrogen-bond donors (Lipinski definition) is 3. The molecule has 6 aromatic heterocycles. The Morgan fingerprint density at radius 3 is 1.28 bits per heavy atom. The van der Waals surface area contributed by atoms with Crippen LogP contribution in [0.5, 0.6) is 0 Å². The van der Waals surface area contributed by atoms with E-state index in [9.17, 15) is 24.4 Å². The molecule has 5 atom stereocenters. The summed E-state index contributed by atoms with van der Waals surface area (Å²) in [6.07, 6.45) is 10.5. The number of nitrogens with zero attached hydrogens (tertiary/aromatic N) is 4. The molecule has 81 heavy (non-hydrogen) atoms. The van der Waals surface area contributed by atoms with Gasteiger partial charge in [-0.15, -0.1) is 34.0 Å². The Morgan fingerprint density at radius 1 is 0.568 bits per heavy atom. The first kappa shape index (κ1) is 59.3. The first-order chi connectivity index (χ1) is 38.4. The summed E-state index contributed by atoms with van der Waals surface area (Å²) >= 11 is 9.73. The highest BCUT2D eigenvalue weighted by atomic mass is 35.5. The van der Waals surface area contributed by atoms with E-state index in [0.29, 0.717) is 50.6 Å². The molecule has 3 amide bonds. The predicted octanol–water partition coefficient (Wildman–Crippen LogP) is 14.4. The van der Waals surface area contributed by atoms with Crippen LogP contribution in [0.3, 0.4) is 0 Å². The molecule has 422 valence electrons. The van der Waals surface area contributed by atoms with Crippen molar-refractivity contribution in [1.82, 2.24) is 25.6 Å². The molecule has 0 radical (unpaired) electrons. The number of nitrogens with two attached hydrogens (primary N) is 1. The normalized spacial score (nSPS) is 17.7. The van der Waals surface area contributed by atoms with Crippen LogP contribution in [-0.2, 0) is 56.2 Å². The van der Waals surface area contributed by atoms with Crippen molar-refractivity contribution in [2.45, 2.75) is 145 Å². The van der Waals surface area contributed by atoms with E-state index in [2.05, 4.69) is 97.2 Å². The molecule has 0 spiro atoms. The minimum atomic E-state index is -0.756. The fourth-order valence-corrected chi connectivity index (χ4v) is 14.3. The van der Waals surface area contributed by atoms with E-state index in [1.54, 1.807) is 0 Å². The van der Waals surface area contributed by atoms with Gasteiger partial charge in [0.1, 0.15) is 26.6 Å². The van der Waals surface area contributed by atoms with Crippen LogP contribution >= 0.6 is 45.6 Å². The summed E-state index contributed by atoms with van der Waals surface area (Å²) < 4.78 is 0. The smallest absolute Gasteiger partial charge is 0.262 e. The third kappa shape index (κ3) is 14.6. The van der Waals surface area contributed by atoms with E-state index in [0.717, 1.165) is 98.8 Å². The van der Waals surface area contributed by atoms with Gasteiger partial charge in [0.2, 0.25) is 5.91 Å². The van der Waals surface area contributed by atoms with Crippen LogP contribution < -0.4 is 16.4 Å². The second kappa shape index (κ2) is 24.6. The van der Waals surface area contributed by atoms with Crippen LogP contribution in [0, 0.1) is 45.3 Å². The first-order valence-electron chi connectivity index (χ1n) is 28.2. The van der Waals surface area contributed by atoms with Crippen LogP contribution in [0.4, 0.5) is 0 Å². The average Bonchev–Trinajstić information content (AvgIpc) is 4.41. The highest BCUT2D eigenvalue weighted by Gasteiger charge is 2.33. The van der Waals surface area contributed by atoms with Gasteiger partial charge in [-0.1, -0.05) is 123 Å². The lowest BCUT2D eigenvalue weighted by molar-refractivity contribution is -0.119. The van der Waals surface area contributed by atoms with E-state index in [4.69, 9.17) is 32.3 Å². The van der Waals surface area contributed by atoms with Gasteiger partial charge < -0.3 is 16.4 Å². The number of aryl methyl sites for hydroxylation is 3. The predicted molar refractivity (Wildman–Crippen MR) is 332 cm³/mol. The Kier molecular flexibility index (Phi) is 18.0. The van der Waals surface area contributed by atoms with Crippen LogP contribution in [0.15, 0.2) is 97.1 Å². The average molecular weight is 1160 g/mol. The molecule has 0 bridgehead atoms. The Balaban J connectivity index is 0.000000150. The molecule has 4 N–H and O–H groups in total. The summed E-state index contributed by atoms with van der Waals surface area (Å²) in [6, 6.07) is 32.5. The van der Waals surface area contributed by atoms with Gasteiger partial charge in [0, 0.05) is 46.1 Å². The molecule has 15 heteroatoms. The minimum Gasteiger partial charge on any atom is -0.368 e. The van der Waals surface area contributed by atoms with Crippen molar-refractivity contribution in [1.29, 1.82) is 5.26 Å². The summed E-state index contributed by atoms with van der Waals surface area (Å²) in [7, 11) is 0. The van der Waals surface area contributed by atoms with Crippen molar-refractivity contribution in [2.24, 2.45) is 39.7 Å². The van der Waals surface area contributed by atoms with Gasteiger partial charge in [0.15, 0.2) is 0 Å². The van der Waals surface area contributed by atoms with Crippen molar-refractivity contribution < 1.29 is 19.2 Å². The summed E-state index contributed by atoms with van der Waals surface area (Å²) in [5.74, 6) is 0.955. The maximum Gasteiger partial charge on any atom is 0.262 e. The lowest BCUT2D eigenvalue weighted by atomic mass is 9.71. The van der Waals surface area contributed by atoms with Crippen LogP contribution in [-0.4, -0.2) is 50.0 Å². The Bertz CT molecular complexity index is 3650. The number of hydrogen-bond acceptors (Lipinski definition) is 11. The maximum absolute atomic E-state index is 12.9. The molecule has 3 aliphatic carbocycles. The van der Waals surface area contributed by atoms with E-state index >= 15 is 0 Å². The molecule has 3 unspecified atom stereocenters. The van der Waals surface area contributed by atoms with Crippen molar-refractivity contribution in [3.05, 3.63) is 157 Å². The second-order valence-corrected chi connectivity index (χ2v) is 28.9. The highest BCUT2D eigenvalue weighted by Crippen LogP contribution is 2.42. The number of rotatable bonds is 10. The lowest BCUT2D eigenvalue weighted by Gasteiger charge is -2.34. The first-order valence-corrected chi connectivity index (χ1v) is 31.1. The summed E-state index contributed by atoms with van der Waals surface area (Å²) in [5.41, 5.74) is 15.9. The number of pyridine rings is 3. The zero-order valence-electron chi connectivity index (χ0n) is 48.0. The fourth-order valence-electron chi connectivity index (χ4n) is 11.4. The minimum absolute atomic E-state index is 0.203. The van der Waals surface area contributed by atoms with Gasteiger partial charge >= 0.3 is 0 Å². The molecule has 2 aromatic carbocycles. The van der Waals surface area contributed by atoms with Gasteiger partial charge in [-0.3, -0.25) is 19.2 Å². The lowest BCUT2D eigenvalue weighted by Crippen LogP contribution is -2.45. The molecule has 3 aliphatic rings. The quantitative estimate of drug-likeness (QED) is 0.113. The van der Waals surface area contributed by atoms with Gasteiger partial charge in [0.25, 0.3) is 17.1 Å². The number of amides is 3. The highest BCUT2D eigenvalue weighted by molar-refractivity contribution is 7.22. The zero-order valence-corrected chi connectivity index (χ0v) is 51.2. The monoisotopic (exact) mass is 1160 g/mol. The molecule has 0 saturated heterocycles. The zero-order chi connectivity index (χ0) is 58.0. The van der Waals surface area contributed by atoms with Gasteiger partial charge in [-0.25, -0.2) is 15.0 Å². The number of fused-ring (bicyclic) bond motifs is 6. The van der Waals surface area contributed by atoms with Gasteiger partial charge in [-0.2, -0.15) is 5.26 Å². The number of benzene rings is 2. The molecule has 8 aromatic rings. The Morgan fingerprint density at radius 2 is 0.926 bits per heavy atom. The summed E-state index contributed by atoms with van der Waals surface area (Å²) in [5, 5.41) is 17.8. The second-order valence-electron chi connectivity index (χ2n) is 25.5. The molecule has 6 heterocycles. The number of halogens is 1. The number of aromatic nitrogens is 3. The molecular formula is C66H74ClN7O4S3. The van der Waals surface area contributed by atoms with Crippen molar-refractivity contribution >= 4 is 99.2 Å². The van der Waals surface area contributed by atoms with E-state index in [1.165, 1.54) is 68.5 Å². The van der Waals surface area contributed by atoms with Gasteiger partial charge in [0.05, 0.1) is 20.7 Å². The number of thiophene rings is 3. The van der Waals surface area contributed by atoms with Crippen molar-refractivity contribution in [2.75, 3.05) is 0 Å². The standard InChI is InChI=1S/C25H29N3O2S.C25H27N3OS.C16H18ClNOS/c1-25(2,3)18-9-10-19-16(13-18)12-17-14-21(31-24(17)28-19)23(30)27-20(22(26)29)11-15-7-5-4-6-8-15;1-25(2,3)19-9-10-21-17(13-19)12-18-14-22(30-24(18)28-21)23(29)27-20(15-26)11-16-7-5-4-6-8-16;1-16(2,3)11-4-5-12-9(7-11)6-10-8-13(14(17)19)20-15(10)18-12/h4-8,12,14,18,20H,9-11,13H2,1-3H3,(H2,26,29)(H,27,30);4-8,12,14,19-20H,9-11,13H2,1-3H3,(H,27,29);6,8,11H,4-5,7H2,1-3H3/t18?,20-;19?,20-;/m00./s1. The van der Waals surface area contributed by atoms with Crippen molar-refractivity contribution in [3.8, 4) is 6.07 Å². The molecular weight excluding hydrogens is 1090 g/mol. The van der Waals surface area contributed by atoms with E-state index in [-0.39, 0.29) is 22.6 Å². The molecule has 0 fully saturated rings.